The summed E-state index contributed by atoms with van der Waals surface area (Å²) < 4.78 is 66.0. The second-order valence-electron chi connectivity index (χ2n) is 6.67. The first kappa shape index (κ1) is 26.9. The van der Waals surface area contributed by atoms with E-state index in [4.69, 9.17) is 25.2 Å². The molecule has 2 aromatic rings. The first-order chi connectivity index (χ1) is 15.4. The van der Waals surface area contributed by atoms with Gasteiger partial charge in [0.25, 0.3) is 11.8 Å². The zero-order valence-corrected chi connectivity index (χ0v) is 18.9. The van der Waals surface area contributed by atoms with Crippen molar-refractivity contribution in [1.82, 2.24) is 14.5 Å². The molecule has 8 N–H and O–H groups in total. The van der Waals surface area contributed by atoms with Crippen LogP contribution in [0.1, 0.15) is 16.6 Å². The van der Waals surface area contributed by atoms with Gasteiger partial charge >= 0.3 is 23.5 Å². The zero-order chi connectivity index (χ0) is 25.7. The van der Waals surface area contributed by atoms with Gasteiger partial charge in [-0.25, -0.2) is 28.1 Å². The van der Waals surface area contributed by atoms with Crippen LogP contribution in [-0.2, 0) is 31.6 Å². The fourth-order valence-corrected chi connectivity index (χ4v) is 5.98. The number of aliphatic hydroxyl groups excluding tert-OH is 2. The predicted molar refractivity (Wildman–Crippen MR) is 102 cm³/mol. The van der Waals surface area contributed by atoms with E-state index in [1.165, 1.54) is 6.20 Å². The lowest BCUT2D eigenvalue weighted by Gasteiger charge is -2.24. The van der Waals surface area contributed by atoms with Gasteiger partial charge in [0, 0.05) is 12.4 Å². The maximum atomic E-state index is 15.2. The summed E-state index contributed by atoms with van der Waals surface area (Å²) in [4.78, 5) is 54.8. The minimum absolute atomic E-state index is 0.0720. The number of fused-ring (bicyclic) bond motifs is 1. The Hall–Kier alpha value is -1.69. The Morgan fingerprint density at radius 2 is 1.85 bits per heavy atom. The lowest BCUT2D eigenvalue weighted by atomic mass is 10.1. The number of carbonyl (C=O) groups excluding carboxylic acids is 1. The van der Waals surface area contributed by atoms with E-state index >= 15 is 4.39 Å². The van der Waals surface area contributed by atoms with Gasteiger partial charge in [-0.15, -0.1) is 0 Å². The van der Waals surface area contributed by atoms with E-state index in [2.05, 4.69) is 23.1 Å². The van der Waals surface area contributed by atoms with Crippen LogP contribution in [0.15, 0.2) is 18.7 Å². The summed E-state index contributed by atoms with van der Waals surface area (Å²) in [5.74, 6) is -4.39. The van der Waals surface area contributed by atoms with Crippen molar-refractivity contribution < 1.29 is 70.5 Å². The molecule has 1 fully saturated rings. The molecular weight excluding hydrogens is 536 g/mol. The molecule has 1 aliphatic heterocycles. The van der Waals surface area contributed by atoms with Crippen molar-refractivity contribution in [1.29, 1.82) is 0 Å². The normalized spacial score (nSPS) is 29.1. The number of aliphatic hydroxyl groups is 2. The van der Waals surface area contributed by atoms with Crippen molar-refractivity contribution >= 4 is 40.4 Å². The fourth-order valence-electron chi connectivity index (χ4n) is 2.94. The predicted octanol–water partition coefficient (Wildman–Crippen LogP) is -1.21. The van der Waals surface area contributed by atoms with Crippen molar-refractivity contribution in [2.45, 2.75) is 24.3 Å². The van der Waals surface area contributed by atoms with Crippen molar-refractivity contribution in [3.8, 4) is 0 Å². The Kier molecular flexibility index (Phi) is 7.18. The molecule has 0 aliphatic carbocycles. The van der Waals surface area contributed by atoms with Crippen LogP contribution in [0.3, 0.4) is 0 Å². The lowest BCUT2D eigenvalue weighted by molar-refractivity contribution is -0.203. The summed E-state index contributed by atoms with van der Waals surface area (Å²) in [5, 5.41) is 20.5. The Balaban J connectivity index is 1.81. The molecule has 1 aliphatic rings. The van der Waals surface area contributed by atoms with Crippen molar-refractivity contribution in [3.63, 3.8) is 0 Å². The number of nitrogens with two attached hydrogens (primary N) is 1. The van der Waals surface area contributed by atoms with Gasteiger partial charge in [-0.3, -0.25) is 9.32 Å². The number of alkyl halides is 1. The van der Waals surface area contributed by atoms with Crippen LogP contribution in [0.2, 0.25) is 0 Å². The van der Waals surface area contributed by atoms with Gasteiger partial charge < -0.3 is 44.8 Å². The van der Waals surface area contributed by atoms with Crippen LogP contribution in [0.4, 0.5) is 4.39 Å². The molecule has 190 valence electrons. The highest BCUT2D eigenvalue weighted by atomic mass is 31.3. The molecule has 0 aromatic carbocycles. The third-order valence-corrected chi connectivity index (χ3v) is 8.03. The molecule has 1 saturated heterocycles. The van der Waals surface area contributed by atoms with E-state index in [1.54, 1.807) is 0 Å². The Labute approximate surface area is 187 Å². The summed E-state index contributed by atoms with van der Waals surface area (Å²) >= 11 is 0. The SMILES string of the molecule is NC(=O)c1cn([C@@H]2O[C@](F)(COP(=O)(O)OP(=O)(O)OP(=O)(O)O)[C@@H](O)[C@H]2O)c2ncncc12. The number of hydrogen-bond acceptors (Lipinski definition) is 12. The van der Waals surface area contributed by atoms with E-state index in [0.29, 0.717) is 0 Å². The van der Waals surface area contributed by atoms with Gasteiger partial charge in [0.05, 0.1) is 10.9 Å². The number of rotatable bonds is 9. The summed E-state index contributed by atoms with van der Waals surface area (Å²) in [5.41, 5.74) is 5.04. The maximum absolute atomic E-state index is 15.2. The number of primary amides is 1. The first-order valence-corrected chi connectivity index (χ1v) is 13.1. The van der Waals surface area contributed by atoms with Gasteiger partial charge in [-0.05, 0) is 0 Å². The minimum Gasteiger partial charge on any atom is -0.385 e. The average Bonchev–Trinajstić information content (AvgIpc) is 3.16. The number of nitrogens with zero attached hydrogens (tertiary/aromatic N) is 3. The van der Waals surface area contributed by atoms with Crippen LogP contribution in [-0.4, -0.2) is 74.9 Å². The quantitative estimate of drug-likeness (QED) is 0.180. The van der Waals surface area contributed by atoms with E-state index < -0.39 is 60.3 Å². The molecule has 0 radical (unpaired) electrons. The fraction of sp³-hybridized carbons (Fsp3) is 0.417. The molecule has 22 heteroatoms. The Morgan fingerprint density at radius 1 is 1.21 bits per heavy atom. The monoisotopic (exact) mass is 552 g/mol. The zero-order valence-electron chi connectivity index (χ0n) is 16.3. The topological polar surface area (TPSA) is 283 Å². The second kappa shape index (κ2) is 9.07. The van der Waals surface area contributed by atoms with Gasteiger partial charge in [0.2, 0.25) is 0 Å². The lowest BCUT2D eigenvalue weighted by Crippen LogP contribution is -2.42. The van der Waals surface area contributed by atoms with Gasteiger partial charge in [-0.2, -0.15) is 8.62 Å². The summed E-state index contributed by atoms with van der Waals surface area (Å²) in [7, 11) is -17.3. The maximum Gasteiger partial charge on any atom is 0.490 e. The highest BCUT2D eigenvalue weighted by molar-refractivity contribution is 7.66. The summed E-state index contributed by atoms with van der Waals surface area (Å²) in [6.07, 6.45) is -3.08. The minimum atomic E-state index is -5.88. The smallest absolute Gasteiger partial charge is 0.385 e. The highest BCUT2D eigenvalue weighted by Crippen LogP contribution is 2.66. The molecule has 0 bridgehead atoms. The largest absolute Gasteiger partial charge is 0.490 e. The molecule has 0 saturated carbocycles. The molecule has 0 spiro atoms. The van der Waals surface area contributed by atoms with Crippen LogP contribution < -0.4 is 5.73 Å². The molecule has 1 amide bonds. The number of hydrogen-bond donors (Lipinski definition) is 7. The summed E-state index contributed by atoms with van der Waals surface area (Å²) in [6.45, 7) is -1.71. The van der Waals surface area contributed by atoms with Crippen molar-refractivity contribution in [2.75, 3.05) is 6.61 Å². The molecule has 6 atom stereocenters. The van der Waals surface area contributed by atoms with Gasteiger partial charge in [-0.1, -0.05) is 0 Å². The molecule has 18 nitrogen and oxygen atoms in total. The number of carbonyl (C=O) groups is 1. The van der Waals surface area contributed by atoms with Crippen LogP contribution in [0, 0.1) is 0 Å². The molecule has 2 unspecified atom stereocenters. The molecule has 3 rings (SSSR count). The number of phosphoric acid groups is 3. The van der Waals surface area contributed by atoms with Gasteiger partial charge in [0.15, 0.2) is 6.23 Å². The molecule has 34 heavy (non-hydrogen) atoms. The van der Waals surface area contributed by atoms with Crippen LogP contribution in [0.25, 0.3) is 11.0 Å². The Morgan fingerprint density at radius 3 is 2.44 bits per heavy atom. The van der Waals surface area contributed by atoms with Crippen molar-refractivity contribution in [3.05, 3.63) is 24.3 Å². The Bertz CT molecular complexity index is 1250. The standard InChI is InChI=1S/C12H16FN4O14P3/c13-12(3-28-33(24,25)31-34(26,27)30-32(21,22)23)8(19)7(18)11(29-12)17-2-6(9(14)20)5-1-15-4-16-10(5)17/h1-2,4,7-8,11,18-19H,3H2,(H2,14,20)(H,24,25)(H,26,27)(H2,21,22,23)/t7-,8+,11-,12-/m1/s1. The number of amides is 1. The van der Waals surface area contributed by atoms with Crippen LogP contribution >= 0.6 is 23.5 Å². The van der Waals surface area contributed by atoms with E-state index in [9.17, 15) is 33.6 Å². The number of halogens is 1. The molecule has 2 aromatic heterocycles. The highest BCUT2D eigenvalue weighted by Gasteiger charge is 2.57. The summed E-state index contributed by atoms with van der Waals surface area (Å²) in [6, 6.07) is 0. The van der Waals surface area contributed by atoms with E-state index in [1.807, 2.05) is 0 Å². The first-order valence-electron chi connectivity index (χ1n) is 8.56. The number of phosphoric ester groups is 1. The van der Waals surface area contributed by atoms with Crippen molar-refractivity contribution in [2.24, 2.45) is 5.73 Å². The second-order valence-corrected chi connectivity index (χ2v) is 11.1. The number of ether oxygens (including phenoxy) is 1. The number of aromatic nitrogens is 3. The van der Waals surface area contributed by atoms with Crippen LogP contribution in [0.5, 0.6) is 0 Å². The molecule has 3 heterocycles. The third-order valence-electron chi connectivity index (χ3n) is 4.25. The average molecular weight is 552 g/mol. The third kappa shape index (κ3) is 5.75. The van der Waals surface area contributed by atoms with E-state index in [0.717, 1.165) is 17.1 Å². The van der Waals surface area contributed by atoms with E-state index in [-0.39, 0.29) is 16.6 Å². The van der Waals surface area contributed by atoms with Gasteiger partial charge in [0.1, 0.15) is 30.8 Å². The molecular formula is C12H16FN4O14P3.